The lowest BCUT2D eigenvalue weighted by molar-refractivity contribution is 0.322. The van der Waals surface area contributed by atoms with Crippen LogP contribution in [0.2, 0.25) is 0 Å². The number of aromatic nitrogens is 3. The second kappa shape index (κ2) is 6.80. The second-order valence-corrected chi connectivity index (χ2v) is 6.32. The predicted molar refractivity (Wildman–Crippen MR) is 97.7 cm³/mol. The summed E-state index contributed by atoms with van der Waals surface area (Å²) in [6, 6.07) is 6.50. The maximum atomic E-state index is 13.9. The van der Waals surface area contributed by atoms with Crippen LogP contribution in [0.1, 0.15) is 24.4 Å². The summed E-state index contributed by atoms with van der Waals surface area (Å²) in [5.41, 5.74) is 13.5. The standard InChI is InChI=1S/C18H21FN6O/c19-12-3-4-16(26-9-6-20)13(10-12)15-2-1-7-24(15)17-5-8-25-18(23-17)14(21)11-22-25/h3-5,8,10-11,15H,1-2,6-7,9,20-21H2. The molecule has 8 heteroatoms. The number of anilines is 2. The molecule has 3 aromatic rings. The largest absolute Gasteiger partial charge is 0.492 e. The summed E-state index contributed by atoms with van der Waals surface area (Å²) < 4.78 is 21.3. The molecule has 1 aliphatic heterocycles. The number of ether oxygens (including phenoxy) is 1. The van der Waals surface area contributed by atoms with Gasteiger partial charge in [0.1, 0.15) is 24.0 Å². The van der Waals surface area contributed by atoms with E-state index in [1.54, 1.807) is 22.8 Å². The lowest BCUT2D eigenvalue weighted by Crippen LogP contribution is -2.24. The fraction of sp³-hybridized carbons (Fsp3) is 0.333. The summed E-state index contributed by atoms with van der Waals surface area (Å²) in [7, 11) is 0. The van der Waals surface area contributed by atoms with E-state index in [0.29, 0.717) is 30.2 Å². The summed E-state index contributed by atoms with van der Waals surface area (Å²) >= 11 is 0. The molecule has 4 N–H and O–H groups in total. The van der Waals surface area contributed by atoms with Gasteiger partial charge in [0.25, 0.3) is 0 Å². The zero-order chi connectivity index (χ0) is 18.1. The molecular weight excluding hydrogens is 335 g/mol. The molecule has 0 saturated carbocycles. The molecule has 1 aliphatic rings. The van der Waals surface area contributed by atoms with Crippen molar-refractivity contribution in [1.82, 2.24) is 14.6 Å². The monoisotopic (exact) mass is 356 g/mol. The molecule has 1 unspecified atom stereocenters. The minimum absolute atomic E-state index is 0.0161. The van der Waals surface area contributed by atoms with Gasteiger partial charge in [-0.05, 0) is 37.1 Å². The number of nitrogens with zero attached hydrogens (tertiary/aromatic N) is 4. The minimum atomic E-state index is -0.282. The van der Waals surface area contributed by atoms with E-state index >= 15 is 0 Å². The third-order valence-electron chi connectivity index (χ3n) is 4.64. The number of rotatable bonds is 5. The molecular formula is C18H21FN6O. The number of fused-ring (bicyclic) bond motifs is 1. The number of nitrogen functional groups attached to an aromatic ring is 1. The van der Waals surface area contributed by atoms with Crippen LogP contribution in [-0.4, -0.2) is 34.3 Å². The Balaban J connectivity index is 1.72. The average molecular weight is 356 g/mol. The number of hydrogen-bond acceptors (Lipinski definition) is 6. The van der Waals surface area contributed by atoms with Crippen LogP contribution in [0.5, 0.6) is 5.75 Å². The summed E-state index contributed by atoms with van der Waals surface area (Å²) in [4.78, 5) is 6.82. The Morgan fingerprint density at radius 2 is 2.19 bits per heavy atom. The quantitative estimate of drug-likeness (QED) is 0.727. The fourth-order valence-electron chi connectivity index (χ4n) is 3.48. The highest BCUT2D eigenvalue weighted by Gasteiger charge is 2.30. The average Bonchev–Trinajstić information content (AvgIpc) is 3.27. The van der Waals surface area contributed by atoms with Crippen molar-refractivity contribution in [2.24, 2.45) is 5.73 Å². The normalized spacial score (nSPS) is 17.2. The molecule has 1 fully saturated rings. The molecule has 0 bridgehead atoms. The molecule has 1 saturated heterocycles. The van der Waals surface area contributed by atoms with Crippen LogP contribution in [-0.2, 0) is 0 Å². The van der Waals surface area contributed by atoms with E-state index in [4.69, 9.17) is 16.2 Å². The van der Waals surface area contributed by atoms with E-state index in [1.165, 1.54) is 6.07 Å². The molecule has 1 aromatic carbocycles. The summed E-state index contributed by atoms with van der Waals surface area (Å²) in [5, 5.41) is 4.15. The Kier molecular flexibility index (Phi) is 4.34. The highest BCUT2D eigenvalue weighted by Crippen LogP contribution is 2.39. The van der Waals surface area contributed by atoms with Crippen LogP contribution in [0.3, 0.4) is 0 Å². The number of nitrogens with two attached hydrogens (primary N) is 2. The van der Waals surface area contributed by atoms with Crippen molar-refractivity contribution >= 4 is 17.2 Å². The van der Waals surface area contributed by atoms with Gasteiger partial charge in [-0.15, -0.1) is 0 Å². The van der Waals surface area contributed by atoms with E-state index in [9.17, 15) is 4.39 Å². The molecule has 0 aliphatic carbocycles. The van der Waals surface area contributed by atoms with Crippen molar-refractivity contribution in [3.63, 3.8) is 0 Å². The smallest absolute Gasteiger partial charge is 0.180 e. The van der Waals surface area contributed by atoms with Gasteiger partial charge in [-0.1, -0.05) is 0 Å². The molecule has 0 spiro atoms. The predicted octanol–water partition coefficient (Wildman–Crippen LogP) is 2.13. The van der Waals surface area contributed by atoms with Crippen molar-refractivity contribution in [1.29, 1.82) is 0 Å². The summed E-state index contributed by atoms with van der Waals surface area (Å²) in [6.07, 6.45) is 5.29. The molecule has 1 atom stereocenters. The molecule has 7 nitrogen and oxygen atoms in total. The first-order valence-corrected chi connectivity index (χ1v) is 8.66. The first-order chi connectivity index (χ1) is 12.7. The van der Waals surface area contributed by atoms with Crippen molar-refractivity contribution < 1.29 is 9.13 Å². The molecule has 136 valence electrons. The Hall–Kier alpha value is -2.87. The fourth-order valence-corrected chi connectivity index (χ4v) is 3.48. The van der Waals surface area contributed by atoms with Crippen LogP contribution in [0, 0.1) is 5.82 Å². The van der Waals surface area contributed by atoms with E-state index in [2.05, 4.69) is 15.0 Å². The van der Waals surface area contributed by atoms with E-state index < -0.39 is 0 Å². The Labute approximate surface area is 150 Å². The van der Waals surface area contributed by atoms with Crippen LogP contribution in [0.15, 0.2) is 36.7 Å². The van der Waals surface area contributed by atoms with Gasteiger partial charge >= 0.3 is 0 Å². The number of benzene rings is 1. The first kappa shape index (κ1) is 16.6. The van der Waals surface area contributed by atoms with Crippen LogP contribution in [0.25, 0.3) is 5.65 Å². The Morgan fingerprint density at radius 3 is 3.04 bits per heavy atom. The maximum absolute atomic E-state index is 13.9. The van der Waals surface area contributed by atoms with E-state index in [0.717, 1.165) is 30.8 Å². The summed E-state index contributed by atoms with van der Waals surface area (Å²) in [5.74, 6) is 1.18. The van der Waals surface area contributed by atoms with E-state index in [-0.39, 0.29) is 11.9 Å². The van der Waals surface area contributed by atoms with Crippen LogP contribution < -0.4 is 21.1 Å². The van der Waals surface area contributed by atoms with Gasteiger partial charge in [-0.3, -0.25) is 0 Å². The molecule has 26 heavy (non-hydrogen) atoms. The van der Waals surface area contributed by atoms with Crippen molar-refractivity contribution in [2.45, 2.75) is 18.9 Å². The topological polar surface area (TPSA) is 94.7 Å². The SMILES string of the molecule is NCCOc1ccc(F)cc1C1CCCN1c1ccn2ncc(N)c2n1. The zero-order valence-corrected chi connectivity index (χ0v) is 14.3. The van der Waals surface area contributed by atoms with Gasteiger partial charge in [0, 0.05) is 24.8 Å². The Morgan fingerprint density at radius 1 is 1.31 bits per heavy atom. The minimum Gasteiger partial charge on any atom is -0.492 e. The third kappa shape index (κ3) is 2.92. The van der Waals surface area contributed by atoms with Crippen LogP contribution >= 0.6 is 0 Å². The molecule has 0 amide bonds. The molecule has 2 aromatic heterocycles. The second-order valence-electron chi connectivity index (χ2n) is 6.32. The van der Waals surface area contributed by atoms with Gasteiger partial charge in [0.05, 0.1) is 17.9 Å². The highest BCUT2D eigenvalue weighted by atomic mass is 19.1. The first-order valence-electron chi connectivity index (χ1n) is 8.66. The molecule has 3 heterocycles. The van der Waals surface area contributed by atoms with Crippen molar-refractivity contribution in [2.75, 3.05) is 30.3 Å². The Bertz CT molecular complexity index is 927. The van der Waals surface area contributed by atoms with Gasteiger partial charge in [0.2, 0.25) is 0 Å². The maximum Gasteiger partial charge on any atom is 0.180 e. The molecule has 0 radical (unpaired) electrons. The van der Waals surface area contributed by atoms with Gasteiger partial charge in [0.15, 0.2) is 5.65 Å². The lowest BCUT2D eigenvalue weighted by Gasteiger charge is -2.27. The van der Waals surface area contributed by atoms with Gasteiger partial charge in [-0.25, -0.2) is 13.9 Å². The summed E-state index contributed by atoms with van der Waals surface area (Å²) in [6.45, 7) is 1.63. The lowest BCUT2D eigenvalue weighted by atomic mass is 10.0. The van der Waals surface area contributed by atoms with Gasteiger partial charge < -0.3 is 21.1 Å². The van der Waals surface area contributed by atoms with Crippen molar-refractivity contribution in [3.05, 3.63) is 48.0 Å². The third-order valence-corrected chi connectivity index (χ3v) is 4.64. The zero-order valence-electron chi connectivity index (χ0n) is 14.3. The highest BCUT2D eigenvalue weighted by molar-refractivity contribution is 5.65. The number of halogens is 1. The molecule has 4 rings (SSSR count). The van der Waals surface area contributed by atoms with Gasteiger partial charge in [-0.2, -0.15) is 5.10 Å². The van der Waals surface area contributed by atoms with E-state index in [1.807, 2.05) is 12.3 Å². The van der Waals surface area contributed by atoms with Crippen molar-refractivity contribution in [3.8, 4) is 5.75 Å². The van der Waals surface area contributed by atoms with Crippen LogP contribution in [0.4, 0.5) is 15.9 Å². The number of hydrogen-bond donors (Lipinski definition) is 2.